The molecule has 0 N–H and O–H groups in total. The number of hydrogen-bond donors (Lipinski definition) is 0. The summed E-state index contributed by atoms with van der Waals surface area (Å²) in [6.07, 6.45) is 9.56. The highest BCUT2D eigenvalue weighted by atomic mass is 32.1. The Morgan fingerprint density at radius 2 is 2.14 bits per heavy atom. The van der Waals surface area contributed by atoms with Gasteiger partial charge in [-0.15, -0.1) is 5.10 Å². The Labute approximate surface area is 170 Å². The number of nitrogens with zero attached hydrogens (tertiary/aromatic N) is 4. The third-order valence-corrected chi connectivity index (χ3v) is 7.75. The van der Waals surface area contributed by atoms with Crippen molar-refractivity contribution in [2.24, 2.45) is 5.92 Å². The molecule has 2 aliphatic heterocycles. The summed E-state index contributed by atoms with van der Waals surface area (Å²) < 4.78 is 9.75. The van der Waals surface area contributed by atoms with E-state index in [0.29, 0.717) is 25.2 Å². The molecule has 1 saturated carbocycles. The molecule has 28 heavy (non-hydrogen) atoms. The Kier molecular flexibility index (Phi) is 4.97. The zero-order valence-electron chi connectivity index (χ0n) is 16.4. The fourth-order valence-electron chi connectivity index (χ4n) is 5.33. The molecule has 1 aliphatic carbocycles. The fraction of sp³-hybridized carbons (Fsp3) is 0.667. The number of hydrogen-bond acceptors (Lipinski definition) is 6. The summed E-state index contributed by atoms with van der Waals surface area (Å²) in [5, 5.41) is 4.29. The molecule has 2 aromatic heterocycles. The Hall–Kier alpha value is -1.73. The highest BCUT2D eigenvalue weighted by molar-refractivity contribution is 7.05. The minimum atomic E-state index is 0.193. The smallest absolute Gasteiger partial charge is 0.237 e. The highest BCUT2D eigenvalue weighted by Gasteiger charge is 2.45. The van der Waals surface area contributed by atoms with Crippen molar-refractivity contribution < 1.29 is 9.21 Å². The number of amides is 1. The lowest BCUT2D eigenvalue weighted by molar-refractivity contribution is -0.137. The van der Waals surface area contributed by atoms with Crippen LogP contribution >= 0.6 is 11.5 Å². The molecule has 2 aromatic rings. The molecule has 0 aromatic carbocycles. The van der Waals surface area contributed by atoms with Gasteiger partial charge in [-0.05, 0) is 68.1 Å². The molecule has 7 heteroatoms. The largest absolute Gasteiger partial charge is 0.468 e. The van der Waals surface area contributed by atoms with E-state index in [9.17, 15) is 4.79 Å². The van der Waals surface area contributed by atoms with Gasteiger partial charge in [-0.1, -0.05) is 11.4 Å². The molecule has 2 fully saturated rings. The number of fused-ring (bicyclic) bond motifs is 4. The summed E-state index contributed by atoms with van der Waals surface area (Å²) in [6.45, 7) is 3.53. The predicted octanol–water partition coefficient (Wildman–Crippen LogP) is 3.80. The van der Waals surface area contributed by atoms with Gasteiger partial charge in [0, 0.05) is 18.5 Å². The van der Waals surface area contributed by atoms with Crippen molar-refractivity contribution >= 4 is 17.4 Å². The van der Waals surface area contributed by atoms with E-state index in [-0.39, 0.29) is 11.9 Å². The van der Waals surface area contributed by atoms with Gasteiger partial charge in [0.15, 0.2) is 0 Å². The average Bonchev–Trinajstić information content (AvgIpc) is 3.43. The van der Waals surface area contributed by atoms with Gasteiger partial charge in [-0.3, -0.25) is 9.69 Å². The van der Waals surface area contributed by atoms with E-state index in [2.05, 4.69) is 26.3 Å². The maximum atomic E-state index is 13.5. The minimum Gasteiger partial charge on any atom is -0.468 e. The summed E-state index contributed by atoms with van der Waals surface area (Å²) >= 11 is 1.47. The molecule has 1 amide bonds. The second-order valence-corrected chi connectivity index (χ2v) is 9.52. The van der Waals surface area contributed by atoms with E-state index in [1.807, 2.05) is 12.1 Å². The molecular weight excluding hydrogens is 372 g/mol. The molecule has 0 spiro atoms. The van der Waals surface area contributed by atoms with Crippen molar-refractivity contribution in [1.29, 1.82) is 0 Å². The molecule has 0 unspecified atom stereocenters. The minimum absolute atomic E-state index is 0.193. The number of furan rings is 1. The van der Waals surface area contributed by atoms with Crippen LogP contribution in [0, 0.1) is 5.92 Å². The van der Waals surface area contributed by atoms with Crippen LogP contribution in [0.1, 0.15) is 67.8 Å². The number of rotatable bonds is 5. The van der Waals surface area contributed by atoms with Gasteiger partial charge >= 0.3 is 0 Å². The first-order valence-electron chi connectivity index (χ1n) is 10.6. The first-order chi connectivity index (χ1) is 13.7. The van der Waals surface area contributed by atoms with Crippen molar-refractivity contribution in [3.8, 4) is 0 Å². The molecule has 0 radical (unpaired) electrons. The van der Waals surface area contributed by atoms with Crippen LogP contribution in [-0.4, -0.2) is 43.9 Å². The van der Waals surface area contributed by atoms with Crippen LogP contribution in [0.3, 0.4) is 0 Å². The normalized spacial score (nSPS) is 29.3. The summed E-state index contributed by atoms with van der Waals surface area (Å²) in [5.74, 6) is 2.01. The second-order valence-electron chi connectivity index (χ2n) is 8.73. The zero-order valence-corrected chi connectivity index (χ0v) is 17.2. The maximum Gasteiger partial charge on any atom is 0.237 e. The van der Waals surface area contributed by atoms with E-state index in [4.69, 9.17) is 4.42 Å². The molecular formula is C21H28N4O2S. The van der Waals surface area contributed by atoms with E-state index < -0.39 is 0 Å². The van der Waals surface area contributed by atoms with Crippen molar-refractivity contribution in [1.82, 2.24) is 19.4 Å². The zero-order chi connectivity index (χ0) is 19.1. The van der Waals surface area contributed by atoms with Crippen LogP contribution in [-0.2, 0) is 17.8 Å². The number of aromatic nitrogens is 2. The van der Waals surface area contributed by atoms with Crippen LogP contribution in [0.2, 0.25) is 0 Å². The quantitative estimate of drug-likeness (QED) is 0.764. The molecule has 1 saturated heterocycles. The molecule has 4 heterocycles. The predicted molar refractivity (Wildman–Crippen MR) is 107 cm³/mol. The second kappa shape index (κ2) is 7.59. The molecule has 2 bridgehead atoms. The summed E-state index contributed by atoms with van der Waals surface area (Å²) in [4.78, 5) is 19.2. The van der Waals surface area contributed by atoms with Crippen LogP contribution < -0.4 is 0 Å². The first-order valence-corrected chi connectivity index (χ1v) is 11.3. The lowest BCUT2D eigenvalue weighted by atomic mass is 9.86. The lowest BCUT2D eigenvalue weighted by Gasteiger charge is -2.39. The van der Waals surface area contributed by atoms with Crippen molar-refractivity contribution in [3.05, 3.63) is 34.7 Å². The highest BCUT2D eigenvalue weighted by Crippen LogP contribution is 2.44. The molecule has 5 rings (SSSR count). The summed E-state index contributed by atoms with van der Waals surface area (Å²) in [6, 6.07) is 4.90. The van der Waals surface area contributed by atoms with Gasteiger partial charge in [-0.2, -0.15) is 0 Å². The molecule has 2 atom stereocenters. The van der Waals surface area contributed by atoms with Crippen LogP contribution in [0.5, 0.6) is 0 Å². The topological polar surface area (TPSA) is 62.5 Å². The standard InChI is InChI=1S/C21H28N4O2S/c1-14-4-6-15(7-5-14)24(12-17-3-2-10-27-17)13-20(26)25-16-8-9-19(25)21-18(11-16)22-23-28-21/h2-3,10,14-16,19H,4-9,11-13H2,1H3/t14?,15?,16-,19+/m0/s1. The third kappa shape index (κ3) is 3.39. The van der Waals surface area contributed by atoms with Gasteiger partial charge in [0.1, 0.15) is 5.76 Å². The number of carbonyl (C=O) groups is 1. The Bertz CT molecular complexity index is 812. The lowest BCUT2D eigenvalue weighted by Crippen LogP contribution is -2.49. The molecule has 6 nitrogen and oxygen atoms in total. The van der Waals surface area contributed by atoms with Crippen LogP contribution in [0.25, 0.3) is 0 Å². The van der Waals surface area contributed by atoms with E-state index >= 15 is 0 Å². The summed E-state index contributed by atoms with van der Waals surface area (Å²) in [7, 11) is 0. The monoisotopic (exact) mass is 400 g/mol. The van der Waals surface area contributed by atoms with Gasteiger partial charge in [0.25, 0.3) is 0 Å². The third-order valence-electron chi connectivity index (χ3n) is 6.89. The first kappa shape index (κ1) is 18.3. The van der Waals surface area contributed by atoms with Crippen molar-refractivity contribution in [3.63, 3.8) is 0 Å². The average molecular weight is 401 g/mol. The number of carbonyl (C=O) groups excluding carboxylic acids is 1. The van der Waals surface area contributed by atoms with Crippen molar-refractivity contribution in [2.45, 2.75) is 76.5 Å². The van der Waals surface area contributed by atoms with E-state index in [1.165, 1.54) is 42.1 Å². The Morgan fingerprint density at radius 3 is 2.93 bits per heavy atom. The Balaban J connectivity index is 1.33. The van der Waals surface area contributed by atoms with Crippen LogP contribution in [0.15, 0.2) is 22.8 Å². The van der Waals surface area contributed by atoms with Crippen LogP contribution in [0.4, 0.5) is 0 Å². The summed E-state index contributed by atoms with van der Waals surface area (Å²) in [5.41, 5.74) is 1.12. The fourth-order valence-corrected chi connectivity index (χ4v) is 6.14. The molecule has 150 valence electrons. The van der Waals surface area contributed by atoms with Gasteiger partial charge in [0.05, 0.1) is 36.0 Å². The van der Waals surface area contributed by atoms with Crippen molar-refractivity contribution in [2.75, 3.05) is 6.54 Å². The SMILES string of the molecule is CC1CCC(N(CC(=O)N2[C@H]3CC[C@@H]2c2snnc2C3)Cc2ccco2)CC1. The molecule has 3 aliphatic rings. The van der Waals surface area contributed by atoms with Gasteiger partial charge in [-0.25, -0.2) is 0 Å². The maximum absolute atomic E-state index is 13.5. The van der Waals surface area contributed by atoms with E-state index in [0.717, 1.165) is 36.6 Å². The Morgan fingerprint density at radius 1 is 1.29 bits per heavy atom. The van der Waals surface area contributed by atoms with Gasteiger partial charge in [0.2, 0.25) is 5.91 Å². The van der Waals surface area contributed by atoms with Gasteiger partial charge < -0.3 is 9.32 Å². The van der Waals surface area contributed by atoms with E-state index in [1.54, 1.807) is 6.26 Å².